The zero-order valence-corrected chi connectivity index (χ0v) is 10.0. The summed E-state index contributed by atoms with van der Waals surface area (Å²) in [4.78, 5) is 4.18. The number of hydrogen-bond donors (Lipinski definition) is 1. The van der Waals surface area contributed by atoms with Crippen LogP contribution in [0.5, 0.6) is 0 Å². The van der Waals surface area contributed by atoms with Crippen molar-refractivity contribution in [2.75, 3.05) is 5.73 Å². The largest absolute Gasteiger partial charge is 0.375 e. The summed E-state index contributed by atoms with van der Waals surface area (Å²) >= 11 is 13.2. The topological polar surface area (TPSA) is 38.9 Å². The van der Waals surface area contributed by atoms with Gasteiger partial charge in [-0.05, 0) is 17.7 Å². The SMILES string of the molecule is Nc1nc(Cc2ccc(Cl)c(Cl)c2)cs1. The van der Waals surface area contributed by atoms with Gasteiger partial charge in [0.05, 0.1) is 15.7 Å². The molecule has 1 aromatic carbocycles. The Kier molecular flexibility index (Phi) is 3.14. The minimum absolute atomic E-state index is 0.567. The lowest BCUT2D eigenvalue weighted by Gasteiger charge is -2.00. The molecule has 0 fully saturated rings. The highest BCUT2D eigenvalue weighted by molar-refractivity contribution is 7.13. The predicted molar refractivity (Wildman–Crippen MR) is 65.8 cm³/mol. The number of nitrogen functional groups attached to an aromatic ring is 1. The molecule has 0 saturated heterocycles. The van der Waals surface area contributed by atoms with Crippen molar-refractivity contribution < 1.29 is 0 Å². The van der Waals surface area contributed by atoms with E-state index in [-0.39, 0.29) is 0 Å². The first-order valence-electron chi connectivity index (χ1n) is 4.29. The van der Waals surface area contributed by atoms with Crippen molar-refractivity contribution in [1.29, 1.82) is 0 Å². The Bertz CT molecular complexity index is 482. The maximum atomic E-state index is 5.91. The Morgan fingerprint density at radius 3 is 2.67 bits per heavy atom. The van der Waals surface area contributed by atoms with Crippen molar-refractivity contribution in [1.82, 2.24) is 4.98 Å². The highest BCUT2D eigenvalue weighted by atomic mass is 35.5. The number of hydrogen-bond acceptors (Lipinski definition) is 3. The fourth-order valence-corrected chi connectivity index (χ4v) is 2.15. The molecule has 2 N–H and O–H groups in total. The molecule has 78 valence electrons. The lowest BCUT2D eigenvalue weighted by molar-refractivity contribution is 1.11. The van der Waals surface area contributed by atoms with Crippen LogP contribution < -0.4 is 5.73 Å². The van der Waals surface area contributed by atoms with E-state index in [1.54, 1.807) is 6.07 Å². The van der Waals surface area contributed by atoms with E-state index < -0.39 is 0 Å². The molecule has 1 heterocycles. The molecular formula is C10H8Cl2N2S. The molecule has 2 nitrogen and oxygen atoms in total. The third kappa shape index (κ3) is 2.62. The van der Waals surface area contributed by atoms with Crippen molar-refractivity contribution >= 4 is 39.7 Å². The summed E-state index contributed by atoms with van der Waals surface area (Å²) in [5, 5.41) is 3.67. The van der Waals surface area contributed by atoms with Crippen LogP contribution in [-0.2, 0) is 6.42 Å². The van der Waals surface area contributed by atoms with E-state index in [4.69, 9.17) is 28.9 Å². The summed E-state index contributed by atoms with van der Waals surface area (Å²) in [5.74, 6) is 0. The van der Waals surface area contributed by atoms with E-state index in [2.05, 4.69) is 4.98 Å². The molecule has 2 aromatic rings. The van der Waals surface area contributed by atoms with Gasteiger partial charge in [-0.2, -0.15) is 0 Å². The molecule has 0 amide bonds. The molecule has 0 spiro atoms. The maximum Gasteiger partial charge on any atom is 0.180 e. The molecule has 2 rings (SSSR count). The molecule has 15 heavy (non-hydrogen) atoms. The van der Waals surface area contributed by atoms with Gasteiger partial charge in [-0.1, -0.05) is 29.3 Å². The van der Waals surface area contributed by atoms with Gasteiger partial charge in [0.1, 0.15) is 0 Å². The van der Waals surface area contributed by atoms with Gasteiger partial charge in [0.15, 0.2) is 5.13 Å². The molecule has 1 aromatic heterocycles. The van der Waals surface area contributed by atoms with Crippen molar-refractivity contribution in [2.45, 2.75) is 6.42 Å². The van der Waals surface area contributed by atoms with Gasteiger partial charge in [-0.15, -0.1) is 11.3 Å². The zero-order chi connectivity index (χ0) is 10.8. The fraction of sp³-hybridized carbons (Fsp3) is 0.100. The standard InChI is InChI=1S/C10H8Cl2N2S/c11-8-2-1-6(4-9(8)12)3-7-5-15-10(13)14-7/h1-2,4-5H,3H2,(H2,13,14). The average Bonchev–Trinajstić information content (AvgIpc) is 2.58. The molecule has 0 bridgehead atoms. The Morgan fingerprint density at radius 1 is 1.27 bits per heavy atom. The van der Waals surface area contributed by atoms with Crippen LogP contribution in [0.25, 0.3) is 0 Å². The molecule has 5 heteroatoms. The van der Waals surface area contributed by atoms with Crippen molar-refractivity contribution in [2.24, 2.45) is 0 Å². The minimum Gasteiger partial charge on any atom is -0.375 e. The second kappa shape index (κ2) is 4.39. The van der Waals surface area contributed by atoms with Crippen LogP contribution in [0.2, 0.25) is 10.0 Å². The second-order valence-corrected chi connectivity index (χ2v) is 4.81. The number of benzene rings is 1. The molecule has 0 aliphatic carbocycles. The molecular weight excluding hydrogens is 251 g/mol. The number of nitrogens with zero attached hydrogens (tertiary/aromatic N) is 1. The summed E-state index contributed by atoms with van der Waals surface area (Å²) in [6, 6.07) is 5.57. The summed E-state index contributed by atoms with van der Waals surface area (Å²) in [7, 11) is 0. The van der Waals surface area contributed by atoms with Gasteiger partial charge >= 0.3 is 0 Å². The van der Waals surface area contributed by atoms with Crippen LogP contribution in [0.15, 0.2) is 23.6 Å². The van der Waals surface area contributed by atoms with Crippen LogP contribution in [0.3, 0.4) is 0 Å². The van der Waals surface area contributed by atoms with E-state index in [1.165, 1.54) is 11.3 Å². The first-order valence-corrected chi connectivity index (χ1v) is 5.92. The minimum atomic E-state index is 0.567. The van der Waals surface area contributed by atoms with Crippen LogP contribution in [0.1, 0.15) is 11.3 Å². The number of thiazole rings is 1. The predicted octanol–water partition coefficient (Wildman–Crippen LogP) is 3.62. The number of aromatic nitrogens is 1. The first-order chi connectivity index (χ1) is 7.15. The van der Waals surface area contributed by atoms with E-state index >= 15 is 0 Å². The quantitative estimate of drug-likeness (QED) is 0.894. The average molecular weight is 259 g/mol. The summed E-state index contributed by atoms with van der Waals surface area (Å²) in [6.07, 6.45) is 0.727. The van der Waals surface area contributed by atoms with E-state index in [1.807, 2.05) is 17.5 Å². The summed E-state index contributed by atoms with van der Waals surface area (Å²) < 4.78 is 0. The smallest absolute Gasteiger partial charge is 0.180 e. The maximum absolute atomic E-state index is 5.91. The molecule has 0 aliphatic heterocycles. The lowest BCUT2D eigenvalue weighted by atomic mass is 10.1. The summed E-state index contributed by atoms with van der Waals surface area (Å²) in [5.41, 5.74) is 7.58. The fourth-order valence-electron chi connectivity index (χ4n) is 1.26. The zero-order valence-electron chi connectivity index (χ0n) is 7.71. The molecule has 0 aliphatic rings. The summed E-state index contributed by atoms with van der Waals surface area (Å²) in [6.45, 7) is 0. The second-order valence-electron chi connectivity index (χ2n) is 3.10. The van der Waals surface area contributed by atoms with Gasteiger partial charge in [-0.3, -0.25) is 0 Å². The van der Waals surface area contributed by atoms with E-state index in [0.29, 0.717) is 15.2 Å². The van der Waals surface area contributed by atoms with Gasteiger partial charge in [0.25, 0.3) is 0 Å². The highest BCUT2D eigenvalue weighted by Crippen LogP contribution is 2.24. The normalized spacial score (nSPS) is 10.5. The lowest BCUT2D eigenvalue weighted by Crippen LogP contribution is -1.90. The molecule has 0 saturated carbocycles. The third-order valence-electron chi connectivity index (χ3n) is 1.94. The van der Waals surface area contributed by atoms with E-state index in [0.717, 1.165) is 17.7 Å². The first kappa shape index (κ1) is 10.7. The number of rotatable bonds is 2. The number of anilines is 1. The van der Waals surface area contributed by atoms with Crippen LogP contribution >= 0.6 is 34.5 Å². The van der Waals surface area contributed by atoms with E-state index in [9.17, 15) is 0 Å². The molecule has 0 radical (unpaired) electrons. The van der Waals surface area contributed by atoms with Crippen molar-refractivity contribution in [3.05, 3.63) is 44.9 Å². The Labute approximate surface area is 102 Å². The van der Waals surface area contributed by atoms with Gasteiger partial charge in [-0.25, -0.2) is 4.98 Å². The number of halogens is 2. The number of nitrogens with two attached hydrogens (primary N) is 1. The van der Waals surface area contributed by atoms with Crippen molar-refractivity contribution in [3.63, 3.8) is 0 Å². The monoisotopic (exact) mass is 258 g/mol. The van der Waals surface area contributed by atoms with Crippen LogP contribution in [0.4, 0.5) is 5.13 Å². The van der Waals surface area contributed by atoms with Gasteiger partial charge in [0.2, 0.25) is 0 Å². The van der Waals surface area contributed by atoms with Crippen molar-refractivity contribution in [3.8, 4) is 0 Å². The Balaban J connectivity index is 2.21. The van der Waals surface area contributed by atoms with Gasteiger partial charge in [0, 0.05) is 11.8 Å². The third-order valence-corrected chi connectivity index (χ3v) is 3.40. The van der Waals surface area contributed by atoms with Crippen LogP contribution in [0, 0.1) is 0 Å². The Morgan fingerprint density at radius 2 is 2.07 bits per heavy atom. The Hall–Kier alpha value is -0.770. The highest BCUT2D eigenvalue weighted by Gasteiger charge is 2.03. The van der Waals surface area contributed by atoms with Gasteiger partial charge < -0.3 is 5.73 Å². The molecule has 0 unspecified atom stereocenters. The van der Waals surface area contributed by atoms with Crippen LogP contribution in [-0.4, -0.2) is 4.98 Å². The molecule has 0 atom stereocenters.